The Kier molecular flexibility index (Phi) is 4.96. The molecule has 0 aromatic heterocycles. The molecule has 1 N–H and O–H groups in total. The monoisotopic (exact) mass is 365 g/mol. The smallest absolute Gasteiger partial charge is 0.459 e. The summed E-state index contributed by atoms with van der Waals surface area (Å²) in [5, 5.41) is 9.85. The van der Waals surface area contributed by atoms with E-state index >= 15 is 0 Å². The van der Waals surface area contributed by atoms with Crippen LogP contribution in [-0.2, 0) is 27.4 Å². The summed E-state index contributed by atoms with van der Waals surface area (Å²) >= 11 is 0. The molecule has 1 atom stereocenters. The van der Waals surface area contributed by atoms with Crippen molar-refractivity contribution in [3.05, 3.63) is 65.2 Å². The maximum atomic E-state index is 12.9. The number of rotatable bonds is 4. The molecule has 1 amide bonds. The van der Waals surface area contributed by atoms with Gasteiger partial charge in [-0.15, -0.1) is 0 Å². The molecule has 2 aromatic carbocycles. The first kappa shape index (κ1) is 17.8. The summed E-state index contributed by atoms with van der Waals surface area (Å²) in [6.07, 6.45) is 1.35. The lowest BCUT2D eigenvalue weighted by Crippen LogP contribution is -2.42. The zero-order chi connectivity index (χ0) is 18.8. The van der Waals surface area contributed by atoms with Crippen LogP contribution >= 0.6 is 0 Å². The van der Waals surface area contributed by atoms with E-state index in [-0.39, 0.29) is 18.5 Å². The van der Waals surface area contributed by atoms with Crippen molar-refractivity contribution in [3.63, 3.8) is 0 Å². The summed E-state index contributed by atoms with van der Waals surface area (Å²) in [5.74, 6) is -0.606. The van der Waals surface area contributed by atoms with Crippen LogP contribution in [0.3, 0.4) is 0 Å². The van der Waals surface area contributed by atoms with E-state index in [1.54, 1.807) is 23.1 Å². The number of benzene rings is 2. The molecule has 0 saturated carbocycles. The summed E-state index contributed by atoms with van der Waals surface area (Å²) in [7, 11) is -1.00. The van der Waals surface area contributed by atoms with Gasteiger partial charge in [-0.25, -0.2) is 4.79 Å². The van der Waals surface area contributed by atoms with Crippen molar-refractivity contribution in [1.29, 1.82) is 0 Å². The molecule has 1 unspecified atom stereocenters. The number of carbonyl (C=O) groups is 2. The molecular formula is C20H20BNO5. The van der Waals surface area contributed by atoms with Crippen molar-refractivity contribution < 1.29 is 24.0 Å². The van der Waals surface area contributed by atoms with E-state index in [0.29, 0.717) is 30.6 Å². The van der Waals surface area contributed by atoms with Crippen molar-refractivity contribution in [1.82, 2.24) is 4.90 Å². The minimum atomic E-state index is -1.00. The van der Waals surface area contributed by atoms with Crippen LogP contribution in [-0.4, -0.2) is 41.5 Å². The average Bonchev–Trinajstić information content (AvgIpc) is 3.33. The van der Waals surface area contributed by atoms with Crippen molar-refractivity contribution in [2.24, 2.45) is 0 Å². The largest absolute Gasteiger partial charge is 0.491 e. The van der Waals surface area contributed by atoms with Gasteiger partial charge < -0.3 is 19.3 Å². The maximum absolute atomic E-state index is 12.9. The fourth-order valence-corrected chi connectivity index (χ4v) is 3.59. The van der Waals surface area contributed by atoms with E-state index in [4.69, 9.17) is 9.39 Å². The summed E-state index contributed by atoms with van der Waals surface area (Å²) in [6.45, 7) is 1.05. The first-order chi connectivity index (χ1) is 13.1. The molecule has 6 nitrogen and oxygen atoms in total. The minimum Gasteiger partial charge on any atom is -0.459 e. The van der Waals surface area contributed by atoms with Gasteiger partial charge in [-0.3, -0.25) is 4.79 Å². The van der Waals surface area contributed by atoms with Crippen LogP contribution in [0.1, 0.15) is 34.3 Å². The van der Waals surface area contributed by atoms with E-state index < -0.39 is 13.2 Å². The molecule has 2 heterocycles. The van der Waals surface area contributed by atoms with E-state index in [9.17, 15) is 14.6 Å². The molecule has 0 bridgehead atoms. The van der Waals surface area contributed by atoms with E-state index in [1.165, 1.54) is 0 Å². The third-order valence-corrected chi connectivity index (χ3v) is 5.07. The second-order valence-electron chi connectivity index (χ2n) is 6.83. The number of carbonyl (C=O) groups excluding carboxylic acids is 2. The van der Waals surface area contributed by atoms with Gasteiger partial charge in [0.1, 0.15) is 12.6 Å². The van der Waals surface area contributed by atoms with Gasteiger partial charge in [0.25, 0.3) is 5.91 Å². The molecule has 7 heteroatoms. The third-order valence-electron chi connectivity index (χ3n) is 5.07. The first-order valence-corrected chi connectivity index (χ1v) is 9.07. The molecule has 138 valence electrons. The van der Waals surface area contributed by atoms with Crippen LogP contribution in [0.4, 0.5) is 0 Å². The highest BCUT2D eigenvalue weighted by molar-refractivity contribution is 6.61. The summed E-state index contributed by atoms with van der Waals surface area (Å²) in [5.41, 5.74) is 2.85. The SMILES string of the molecule is O=C(OCc1ccccc1)C1CCCN1C(=O)c1ccc2c(c1)B(O)OC2. The summed E-state index contributed by atoms with van der Waals surface area (Å²) in [6, 6.07) is 14.1. The van der Waals surface area contributed by atoms with Gasteiger partial charge in [-0.1, -0.05) is 36.4 Å². The van der Waals surface area contributed by atoms with Gasteiger partial charge >= 0.3 is 13.1 Å². The third kappa shape index (κ3) is 3.61. The lowest BCUT2D eigenvalue weighted by atomic mass is 9.78. The molecule has 4 rings (SSSR count). The van der Waals surface area contributed by atoms with Crippen molar-refractivity contribution in [3.8, 4) is 0 Å². The Balaban J connectivity index is 1.45. The molecule has 1 saturated heterocycles. The predicted octanol–water partition coefficient (Wildman–Crippen LogP) is 1.25. The topological polar surface area (TPSA) is 76.1 Å². The minimum absolute atomic E-state index is 0.195. The second kappa shape index (κ2) is 7.54. The Hall–Kier alpha value is -2.64. The quantitative estimate of drug-likeness (QED) is 0.652. The Morgan fingerprint density at radius 3 is 2.85 bits per heavy atom. The van der Waals surface area contributed by atoms with Gasteiger partial charge in [0, 0.05) is 12.1 Å². The van der Waals surface area contributed by atoms with E-state index in [1.807, 2.05) is 30.3 Å². The standard InChI is InChI=1S/C20H20BNO5/c23-19(15-8-9-16-13-27-21(25)17(16)11-15)22-10-4-7-18(22)20(24)26-12-14-5-2-1-3-6-14/h1-3,5-6,8-9,11,18,25H,4,7,10,12-13H2. The second-order valence-corrected chi connectivity index (χ2v) is 6.83. The molecule has 2 aromatic rings. The fraction of sp³-hybridized carbons (Fsp3) is 0.300. The van der Waals surface area contributed by atoms with Crippen LogP contribution < -0.4 is 5.46 Å². The highest BCUT2D eigenvalue weighted by Crippen LogP contribution is 2.22. The van der Waals surface area contributed by atoms with Crippen LogP contribution in [0.25, 0.3) is 0 Å². The highest BCUT2D eigenvalue weighted by Gasteiger charge is 2.36. The number of hydrogen-bond donors (Lipinski definition) is 1. The molecule has 1 fully saturated rings. The lowest BCUT2D eigenvalue weighted by Gasteiger charge is -2.23. The molecule has 0 aliphatic carbocycles. The number of esters is 1. The number of likely N-dealkylation sites (tertiary alicyclic amines) is 1. The highest BCUT2D eigenvalue weighted by atomic mass is 16.5. The number of ether oxygens (including phenoxy) is 1. The Bertz CT molecular complexity index is 857. The normalized spacial score (nSPS) is 18.5. The van der Waals surface area contributed by atoms with Crippen molar-refractivity contribution in [2.75, 3.05) is 6.54 Å². The number of amides is 1. The lowest BCUT2D eigenvalue weighted by molar-refractivity contribution is -0.149. The number of nitrogens with zero attached hydrogens (tertiary/aromatic N) is 1. The number of fused-ring (bicyclic) bond motifs is 1. The van der Waals surface area contributed by atoms with Crippen molar-refractivity contribution in [2.45, 2.75) is 32.1 Å². The molecule has 2 aliphatic rings. The van der Waals surface area contributed by atoms with Gasteiger partial charge in [-0.05, 0) is 41.6 Å². The molecule has 27 heavy (non-hydrogen) atoms. The van der Waals surface area contributed by atoms with E-state index in [2.05, 4.69) is 0 Å². The Labute approximate surface area is 157 Å². The van der Waals surface area contributed by atoms with Crippen LogP contribution in [0.5, 0.6) is 0 Å². The Morgan fingerprint density at radius 1 is 1.22 bits per heavy atom. The van der Waals surface area contributed by atoms with Gasteiger partial charge in [0.2, 0.25) is 0 Å². The van der Waals surface area contributed by atoms with Crippen LogP contribution in [0, 0.1) is 0 Å². The van der Waals surface area contributed by atoms with Crippen LogP contribution in [0.15, 0.2) is 48.5 Å². The summed E-state index contributed by atoms with van der Waals surface area (Å²) < 4.78 is 10.6. The van der Waals surface area contributed by atoms with Gasteiger partial charge in [-0.2, -0.15) is 0 Å². The Morgan fingerprint density at radius 2 is 2.04 bits per heavy atom. The zero-order valence-corrected chi connectivity index (χ0v) is 14.8. The molecular weight excluding hydrogens is 345 g/mol. The first-order valence-electron chi connectivity index (χ1n) is 9.07. The van der Waals surface area contributed by atoms with E-state index in [0.717, 1.165) is 17.5 Å². The molecule has 0 radical (unpaired) electrons. The zero-order valence-electron chi connectivity index (χ0n) is 14.8. The number of hydrogen-bond acceptors (Lipinski definition) is 5. The molecule has 0 spiro atoms. The van der Waals surface area contributed by atoms with Crippen LogP contribution in [0.2, 0.25) is 0 Å². The van der Waals surface area contributed by atoms with Crippen molar-refractivity contribution >= 4 is 24.5 Å². The average molecular weight is 365 g/mol. The fourth-order valence-electron chi connectivity index (χ4n) is 3.59. The molecule has 2 aliphatic heterocycles. The maximum Gasteiger partial charge on any atom is 0.491 e. The van der Waals surface area contributed by atoms with Gasteiger partial charge in [0.05, 0.1) is 6.61 Å². The summed E-state index contributed by atoms with van der Waals surface area (Å²) in [4.78, 5) is 27.0. The predicted molar refractivity (Wildman–Crippen MR) is 99.1 cm³/mol. The van der Waals surface area contributed by atoms with Gasteiger partial charge in [0.15, 0.2) is 0 Å².